The number of halogens is 1. The van der Waals surface area contributed by atoms with E-state index >= 15 is 0 Å². The van der Waals surface area contributed by atoms with Crippen LogP contribution in [0.4, 0.5) is 15.8 Å². The summed E-state index contributed by atoms with van der Waals surface area (Å²) in [6, 6.07) is 10.4. The van der Waals surface area contributed by atoms with Gasteiger partial charge >= 0.3 is 0 Å². The fraction of sp³-hybridized carbons (Fsp3) is 0.273. The van der Waals surface area contributed by atoms with Crippen LogP contribution in [-0.4, -0.2) is 32.3 Å². The number of amides is 2. The Bertz CT molecular complexity index is 1130. The maximum atomic E-state index is 13.9. The van der Waals surface area contributed by atoms with Crippen molar-refractivity contribution in [2.75, 3.05) is 16.4 Å². The van der Waals surface area contributed by atoms with E-state index in [0.29, 0.717) is 11.0 Å². The van der Waals surface area contributed by atoms with Gasteiger partial charge in [0, 0.05) is 12.7 Å². The fourth-order valence-electron chi connectivity index (χ4n) is 2.95. The summed E-state index contributed by atoms with van der Waals surface area (Å²) in [4.78, 5) is 24.6. The monoisotopic (exact) mass is 441 g/mol. The molecule has 0 aliphatic rings. The lowest BCUT2D eigenvalue weighted by Crippen LogP contribution is -2.18. The summed E-state index contributed by atoms with van der Waals surface area (Å²) >= 11 is 1.16. The first kappa shape index (κ1) is 22.5. The molecule has 0 aliphatic carbocycles. The average Bonchev–Trinajstić information content (AvgIpc) is 3.04. The molecule has 2 aromatic carbocycles. The Labute approximate surface area is 184 Å². The molecule has 0 saturated heterocycles. The number of thioether (sulfide) groups is 1. The minimum absolute atomic E-state index is 0.0358. The van der Waals surface area contributed by atoms with E-state index in [4.69, 9.17) is 0 Å². The molecule has 1 heterocycles. The van der Waals surface area contributed by atoms with Crippen molar-refractivity contribution < 1.29 is 14.0 Å². The van der Waals surface area contributed by atoms with Gasteiger partial charge < -0.3 is 15.2 Å². The quantitative estimate of drug-likeness (QED) is 0.545. The largest absolute Gasteiger partial charge is 0.325 e. The predicted molar refractivity (Wildman–Crippen MR) is 120 cm³/mol. The second kappa shape index (κ2) is 9.74. The standard InChI is InChI=1S/C22H24FN5O2S/c1-13-5-7-17(15(3)9-13)24-20(29)11-19-26-27-22(28(19)4)31-12-21(30)25-18-8-6-14(2)10-16(18)23/h5-10H,11-12H2,1-4H3,(H,24,29)(H,25,30). The molecule has 0 spiro atoms. The zero-order chi connectivity index (χ0) is 22.5. The van der Waals surface area contributed by atoms with Crippen molar-refractivity contribution in [1.29, 1.82) is 0 Å². The molecule has 2 N–H and O–H groups in total. The van der Waals surface area contributed by atoms with Gasteiger partial charge in [0.15, 0.2) is 5.16 Å². The van der Waals surface area contributed by atoms with Crippen LogP contribution in [0.15, 0.2) is 41.6 Å². The van der Waals surface area contributed by atoms with Crippen LogP contribution in [0.2, 0.25) is 0 Å². The van der Waals surface area contributed by atoms with E-state index in [9.17, 15) is 14.0 Å². The molecule has 3 rings (SSSR count). The highest BCUT2D eigenvalue weighted by Crippen LogP contribution is 2.20. The van der Waals surface area contributed by atoms with Crippen LogP contribution >= 0.6 is 11.8 Å². The summed E-state index contributed by atoms with van der Waals surface area (Å²) < 4.78 is 15.6. The summed E-state index contributed by atoms with van der Waals surface area (Å²) in [5.74, 6) is -0.519. The molecule has 3 aromatic rings. The molecule has 0 radical (unpaired) electrons. The zero-order valence-electron chi connectivity index (χ0n) is 17.8. The molecule has 2 amide bonds. The van der Waals surface area contributed by atoms with E-state index in [1.165, 1.54) is 12.1 Å². The van der Waals surface area contributed by atoms with Gasteiger partial charge in [-0.25, -0.2) is 4.39 Å². The van der Waals surface area contributed by atoms with E-state index < -0.39 is 5.82 Å². The topological polar surface area (TPSA) is 88.9 Å². The number of nitrogens with one attached hydrogen (secondary N) is 2. The van der Waals surface area contributed by atoms with Crippen LogP contribution in [0.3, 0.4) is 0 Å². The van der Waals surface area contributed by atoms with E-state index in [-0.39, 0.29) is 29.7 Å². The molecule has 0 unspecified atom stereocenters. The van der Waals surface area contributed by atoms with Gasteiger partial charge in [-0.15, -0.1) is 10.2 Å². The molecule has 1 aromatic heterocycles. The Balaban J connectivity index is 1.55. The number of hydrogen-bond acceptors (Lipinski definition) is 5. The average molecular weight is 442 g/mol. The summed E-state index contributed by atoms with van der Waals surface area (Å²) in [5.41, 5.74) is 3.78. The van der Waals surface area contributed by atoms with Crippen molar-refractivity contribution >= 4 is 35.0 Å². The molecule has 0 saturated carbocycles. The van der Waals surface area contributed by atoms with Gasteiger partial charge in [-0.3, -0.25) is 9.59 Å². The predicted octanol–water partition coefficient (Wildman–Crippen LogP) is 3.79. The van der Waals surface area contributed by atoms with Gasteiger partial charge in [-0.1, -0.05) is 35.5 Å². The smallest absolute Gasteiger partial charge is 0.234 e. The Morgan fingerprint density at radius 3 is 2.29 bits per heavy atom. The molecular formula is C22H24FN5O2S. The number of hydrogen-bond donors (Lipinski definition) is 2. The number of carbonyl (C=O) groups is 2. The number of aryl methyl sites for hydroxylation is 3. The van der Waals surface area contributed by atoms with E-state index in [0.717, 1.165) is 34.1 Å². The molecule has 31 heavy (non-hydrogen) atoms. The van der Waals surface area contributed by atoms with Crippen molar-refractivity contribution in [2.45, 2.75) is 32.3 Å². The molecule has 9 heteroatoms. The number of carbonyl (C=O) groups excluding carboxylic acids is 2. The third-order valence-electron chi connectivity index (χ3n) is 4.63. The summed E-state index contributed by atoms with van der Waals surface area (Å²) in [7, 11) is 1.74. The molecule has 7 nitrogen and oxygen atoms in total. The SMILES string of the molecule is Cc1ccc(NC(=O)Cc2nnc(SCC(=O)Nc3ccc(C)cc3F)n2C)c(C)c1. The maximum Gasteiger partial charge on any atom is 0.234 e. The van der Waals surface area contributed by atoms with Gasteiger partial charge in [0.2, 0.25) is 11.8 Å². The Morgan fingerprint density at radius 2 is 1.61 bits per heavy atom. The molecular weight excluding hydrogens is 417 g/mol. The van der Waals surface area contributed by atoms with Gasteiger partial charge in [0.05, 0.1) is 17.9 Å². The lowest BCUT2D eigenvalue weighted by atomic mass is 10.1. The maximum absolute atomic E-state index is 13.9. The van der Waals surface area contributed by atoms with Crippen LogP contribution in [0.1, 0.15) is 22.5 Å². The molecule has 162 valence electrons. The summed E-state index contributed by atoms with van der Waals surface area (Å²) in [5, 5.41) is 14.0. The number of rotatable bonds is 7. The molecule has 0 bridgehead atoms. The Hall–Kier alpha value is -3.20. The van der Waals surface area contributed by atoms with Crippen LogP contribution in [0, 0.1) is 26.6 Å². The second-order valence-corrected chi connectivity index (χ2v) is 8.26. The number of aromatic nitrogens is 3. The van der Waals surface area contributed by atoms with Crippen LogP contribution in [-0.2, 0) is 23.1 Å². The minimum atomic E-state index is -0.478. The minimum Gasteiger partial charge on any atom is -0.325 e. The number of anilines is 2. The Kier molecular flexibility index (Phi) is 7.06. The summed E-state index contributed by atoms with van der Waals surface area (Å²) in [6.45, 7) is 5.71. The zero-order valence-corrected chi connectivity index (χ0v) is 18.6. The highest BCUT2D eigenvalue weighted by atomic mass is 32.2. The van der Waals surface area contributed by atoms with Crippen molar-refractivity contribution in [3.05, 3.63) is 64.7 Å². The Morgan fingerprint density at radius 1 is 0.968 bits per heavy atom. The molecule has 0 aliphatic heterocycles. The van der Waals surface area contributed by atoms with Gasteiger partial charge in [0.1, 0.15) is 11.6 Å². The normalized spacial score (nSPS) is 10.7. The number of benzene rings is 2. The second-order valence-electron chi connectivity index (χ2n) is 7.32. The number of nitrogens with zero attached hydrogens (tertiary/aromatic N) is 3. The lowest BCUT2D eigenvalue weighted by molar-refractivity contribution is -0.116. The third kappa shape index (κ3) is 5.91. The first-order valence-electron chi connectivity index (χ1n) is 9.67. The van der Waals surface area contributed by atoms with Gasteiger partial charge in [0.25, 0.3) is 0 Å². The first-order chi connectivity index (χ1) is 14.7. The van der Waals surface area contributed by atoms with Gasteiger partial charge in [-0.05, 0) is 50.1 Å². The first-order valence-corrected chi connectivity index (χ1v) is 10.7. The summed E-state index contributed by atoms with van der Waals surface area (Å²) in [6.07, 6.45) is 0.0537. The van der Waals surface area contributed by atoms with E-state index in [1.807, 2.05) is 32.0 Å². The van der Waals surface area contributed by atoms with E-state index in [2.05, 4.69) is 20.8 Å². The van der Waals surface area contributed by atoms with E-state index in [1.54, 1.807) is 24.6 Å². The van der Waals surface area contributed by atoms with Crippen molar-refractivity contribution in [2.24, 2.45) is 7.05 Å². The molecule has 0 fully saturated rings. The third-order valence-corrected chi connectivity index (χ3v) is 5.65. The van der Waals surface area contributed by atoms with Crippen LogP contribution in [0.5, 0.6) is 0 Å². The highest BCUT2D eigenvalue weighted by molar-refractivity contribution is 7.99. The molecule has 0 atom stereocenters. The highest BCUT2D eigenvalue weighted by Gasteiger charge is 2.15. The fourth-order valence-corrected chi connectivity index (χ4v) is 3.68. The van der Waals surface area contributed by atoms with Crippen molar-refractivity contribution in [3.63, 3.8) is 0 Å². The van der Waals surface area contributed by atoms with Gasteiger partial charge in [-0.2, -0.15) is 0 Å². The van der Waals surface area contributed by atoms with Crippen molar-refractivity contribution in [3.8, 4) is 0 Å². The lowest BCUT2D eigenvalue weighted by Gasteiger charge is -2.09. The van der Waals surface area contributed by atoms with Crippen LogP contribution in [0.25, 0.3) is 0 Å². The van der Waals surface area contributed by atoms with Crippen LogP contribution < -0.4 is 10.6 Å². The van der Waals surface area contributed by atoms with Crippen molar-refractivity contribution in [1.82, 2.24) is 14.8 Å².